The van der Waals surface area contributed by atoms with Crippen molar-refractivity contribution in [1.82, 2.24) is 0 Å². The molecule has 0 saturated heterocycles. The van der Waals surface area contributed by atoms with Crippen molar-refractivity contribution in [1.29, 1.82) is 0 Å². The second-order valence-electron chi connectivity index (χ2n) is 1.84. The highest BCUT2D eigenvalue weighted by Crippen LogP contribution is 2.16. The molecular formula is C7H5F2IO. The van der Waals surface area contributed by atoms with Gasteiger partial charge in [0.25, 0.3) is 0 Å². The zero-order valence-corrected chi connectivity index (χ0v) is 7.59. The summed E-state index contributed by atoms with van der Waals surface area (Å²) in [6, 6.07) is 6.51. The molecule has 0 spiro atoms. The first-order valence-electron chi connectivity index (χ1n) is 2.89. The van der Waals surface area contributed by atoms with Crippen molar-refractivity contribution in [3.8, 4) is 5.75 Å². The number of halogens is 3. The van der Waals surface area contributed by atoms with Gasteiger partial charge in [-0.05, 0) is 40.8 Å². The maximum Gasteiger partial charge on any atom is 0.387 e. The van der Waals surface area contributed by atoms with Crippen molar-refractivity contribution in [2.75, 3.05) is 0 Å². The van der Waals surface area contributed by atoms with Crippen molar-refractivity contribution in [3.63, 3.8) is 0 Å². The Balaban J connectivity index is 2.71. The molecule has 0 unspecified atom stereocenters. The molecule has 4 heteroatoms. The lowest BCUT2D eigenvalue weighted by atomic mass is 10.3. The molecule has 0 fully saturated rings. The van der Waals surface area contributed by atoms with E-state index in [0.717, 1.165) is 3.57 Å². The Labute approximate surface area is 76.5 Å². The topological polar surface area (TPSA) is 9.23 Å². The molecule has 0 aliphatic heterocycles. The zero-order chi connectivity index (χ0) is 8.27. The van der Waals surface area contributed by atoms with Crippen LogP contribution in [0.15, 0.2) is 24.3 Å². The molecule has 0 saturated carbocycles. The molecule has 0 amide bonds. The number of alkyl halides is 2. The van der Waals surface area contributed by atoms with Crippen molar-refractivity contribution in [2.24, 2.45) is 0 Å². The van der Waals surface area contributed by atoms with Crippen molar-refractivity contribution < 1.29 is 13.5 Å². The average Bonchev–Trinajstić information content (AvgIpc) is 1.85. The van der Waals surface area contributed by atoms with Crippen LogP contribution >= 0.6 is 22.6 Å². The Kier molecular flexibility index (Phi) is 3.04. The van der Waals surface area contributed by atoms with E-state index in [9.17, 15) is 8.78 Å². The fourth-order valence-electron chi connectivity index (χ4n) is 0.643. The lowest BCUT2D eigenvalue weighted by Crippen LogP contribution is -2.01. The average molecular weight is 270 g/mol. The van der Waals surface area contributed by atoms with Gasteiger partial charge >= 0.3 is 6.61 Å². The summed E-state index contributed by atoms with van der Waals surface area (Å²) >= 11 is 2.03. The number of rotatable bonds is 2. The van der Waals surface area contributed by atoms with E-state index in [0.29, 0.717) is 0 Å². The van der Waals surface area contributed by atoms with Gasteiger partial charge in [0.1, 0.15) is 5.75 Å². The molecule has 1 aromatic carbocycles. The van der Waals surface area contributed by atoms with E-state index in [1.807, 2.05) is 22.6 Å². The second kappa shape index (κ2) is 3.85. The number of hydrogen-bond donors (Lipinski definition) is 0. The van der Waals surface area contributed by atoms with E-state index >= 15 is 0 Å². The van der Waals surface area contributed by atoms with E-state index < -0.39 is 6.61 Å². The van der Waals surface area contributed by atoms with E-state index in [4.69, 9.17) is 0 Å². The minimum atomic E-state index is -2.74. The van der Waals surface area contributed by atoms with Gasteiger partial charge in [-0.15, -0.1) is 0 Å². The Morgan fingerprint density at radius 2 is 2.09 bits per heavy atom. The van der Waals surface area contributed by atoms with Gasteiger partial charge in [-0.2, -0.15) is 8.78 Å². The predicted octanol–water partition coefficient (Wildman–Crippen LogP) is 2.89. The molecule has 0 aliphatic rings. The van der Waals surface area contributed by atoms with Crippen LogP contribution in [-0.4, -0.2) is 6.61 Å². The molecule has 1 rings (SSSR count). The molecule has 0 radical (unpaired) electrons. The van der Waals surface area contributed by atoms with Crippen LogP contribution in [0.2, 0.25) is 0 Å². The fraction of sp³-hybridized carbons (Fsp3) is 0.143. The quantitative estimate of drug-likeness (QED) is 0.751. The van der Waals surface area contributed by atoms with Crippen LogP contribution in [0.5, 0.6) is 5.75 Å². The zero-order valence-electron chi connectivity index (χ0n) is 5.43. The highest BCUT2D eigenvalue weighted by molar-refractivity contribution is 14.1. The minimum Gasteiger partial charge on any atom is -0.435 e. The monoisotopic (exact) mass is 270 g/mol. The maximum absolute atomic E-state index is 11.6. The molecule has 0 aromatic heterocycles. The van der Waals surface area contributed by atoms with Gasteiger partial charge in [-0.25, -0.2) is 0 Å². The molecule has 60 valence electrons. The van der Waals surface area contributed by atoms with Crippen LogP contribution in [0.4, 0.5) is 8.78 Å². The van der Waals surface area contributed by atoms with Gasteiger partial charge in [0.15, 0.2) is 0 Å². The van der Waals surface area contributed by atoms with E-state index in [1.165, 1.54) is 6.07 Å². The molecule has 0 bridgehead atoms. The standard InChI is InChI=1S/C7H5F2IO/c8-7(9)11-6-3-1-2-5(10)4-6/h1-4,7H. The smallest absolute Gasteiger partial charge is 0.387 e. The summed E-state index contributed by atoms with van der Waals surface area (Å²) in [7, 11) is 0. The number of ether oxygens (including phenoxy) is 1. The summed E-state index contributed by atoms with van der Waals surface area (Å²) in [5, 5.41) is 0. The first-order chi connectivity index (χ1) is 5.18. The molecule has 1 aromatic rings. The van der Waals surface area contributed by atoms with Crippen LogP contribution in [0.25, 0.3) is 0 Å². The van der Waals surface area contributed by atoms with Crippen molar-refractivity contribution >= 4 is 22.6 Å². The van der Waals surface area contributed by atoms with Gasteiger partial charge in [-0.1, -0.05) is 6.07 Å². The summed E-state index contributed by atoms with van der Waals surface area (Å²) in [6.07, 6.45) is 0. The summed E-state index contributed by atoms with van der Waals surface area (Å²) in [6.45, 7) is -2.74. The van der Waals surface area contributed by atoms with Crippen molar-refractivity contribution in [2.45, 2.75) is 6.61 Å². The van der Waals surface area contributed by atoms with Crippen LogP contribution in [0.1, 0.15) is 0 Å². The van der Waals surface area contributed by atoms with Gasteiger partial charge in [0.2, 0.25) is 0 Å². The Hall–Kier alpha value is -0.390. The lowest BCUT2D eigenvalue weighted by Gasteiger charge is -2.02. The summed E-state index contributed by atoms with van der Waals surface area (Å²) in [5.41, 5.74) is 0. The van der Waals surface area contributed by atoms with Crippen LogP contribution in [0, 0.1) is 3.57 Å². The normalized spacial score (nSPS) is 10.2. The maximum atomic E-state index is 11.6. The highest BCUT2D eigenvalue weighted by Gasteiger charge is 2.02. The van der Waals surface area contributed by atoms with Gasteiger partial charge in [-0.3, -0.25) is 0 Å². The van der Waals surface area contributed by atoms with Crippen LogP contribution in [0.3, 0.4) is 0 Å². The molecular weight excluding hydrogens is 265 g/mol. The Morgan fingerprint density at radius 3 is 2.64 bits per heavy atom. The van der Waals surface area contributed by atoms with Crippen molar-refractivity contribution in [3.05, 3.63) is 27.8 Å². The fourth-order valence-corrected chi connectivity index (χ4v) is 1.16. The lowest BCUT2D eigenvalue weighted by molar-refractivity contribution is -0.0498. The van der Waals surface area contributed by atoms with Gasteiger partial charge in [0, 0.05) is 3.57 Å². The van der Waals surface area contributed by atoms with Gasteiger partial charge < -0.3 is 4.74 Å². The molecule has 0 aliphatic carbocycles. The Morgan fingerprint density at radius 1 is 1.36 bits per heavy atom. The molecule has 11 heavy (non-hydrogen) atoms. The summed E-state index contributed by atoms with van der Waals surface area (Å²) in [5.74, 6) is 0.201. The van der Waals surface area contributed by atoms with E-state index in [2.05, 4.69) is 4.74 Å². The third-order valence-electron chi connectivity index (χ3n) is 1.02. The second-order valence-corrected chi connectivity index (χ2v) is 3.08. The molecule has 0 heterocycles. The third-order valence-corrected chi connectivity index (χ3v) is 1.69. The predicted molar refractivity (Wildman–Crippen MR) is 45.8 cm³/mol. The van der Waals surface area contributed by atoms with Crippen LogP contribution in [-0.2, 0) is 0 Å². The molecule has 0 N–H and O–H groups in total. The minimum absolute atomic E-state index is 0.201. The number of benzene rings is 1. The number of hydrogen-bond acceptors (Lipinski definition) is 1. The third kappa shape index (κ3) is 3.00. The van der Waals surface area contributed by atoms with Crippen LogP contribution < -0.4 is 4.74 Å². The van der Waals surface area contributed by atoms with E-state index in [1.54, 1.807) is 18.2 Å². The Bertz CT molecular complexity index is 240. The molecule has 1 nitrogen and oxygen atoms in total. The van der Waals surface area contributed by atoms with E-state index in [-0.39, 0.29) is 5.75 Å². The highest BCUT2D eigenvalue weighted by atomic mass is 127. The SMILES string of the molecule is FC(F)Oc1cccc(I)c1. The largest absolute Gasteiger partial charge is 0.435 e. The molecule has 0 atom stereocenters. The summed E-state index contributed by atoms with van der Waals surface area (Å²) < 4.78 is 28.3. The first kappa shape index (κ1) is 8.70. The summed E-state index contributed by atoms with van der Waals surface area (Å²) in [4.78, 5) is 0. The van der Waals surface area contributed by atoms with Gasteiger partial charge in [0.05, 0.1) is 0 Å². The first-order valence-corrected chi connectivity index (χ1v) is 3.97.